The standard InChI is InChI=1S/C34H32N6O3/c1-5-8-21(6-2)29-28(32(42)35-4)26-17-22(12-13-27(26)43-29)25-18-23(11-10-20(25)3)31(41)38-34(14-15-34)33-37-30(39-40-33)24-9-7-16-36-19-24/h5-13,16-19H,14-15H2,1-4H3,(H,35,42)(H,38,41)(H,37,39,40). The smallest absolute Gasteiger partial charge is 0.255 e. The topological polar surface area (TPSA) is 126 Å². The van der Waals surface area contributed by atoms with E-state index in [1.807, 2.05) is 87.5 Å². The molecule has 0 saturated heterocycles. The molecule has 5 aromatic rings. The average Bonchev–Trinajstić information content (AvgIpc) is 3.46. The summed E-state index contributed by atoms with van der Waals surface area (Å²) < 4.78 is 6.18. The molecule has 3 heterocycles. The first kappa shape index (κ1) is 27.8. The summed E-state index contributed by atoms with van der Waals surface area (Å²) in [7, 11) is 1.61. The molecule has 0 atom stereocenters. The number of aromatic nitrogens is 4. The van der Waals surface area contributed by atoms with Crippen LogP contribution in [0.1, 0.15) is 64.6 Å². The Morgan fingerprint density at radius 2 is 1.88 bits per heavy atom. The van der Waals surface area contributed by atoms with Gasteiger partial charge in [0.2, 0.25) is 0 Å². The van der Waals surface area contributed by atoms with E-state index < -0.39 is 5.54 Å². The molecule has 0 radical (unpaired) electrons. The molecule has 2 amide bonds. The second-order valence-corrected chi connectivity index (χ2v) is 10.7. The van der Waals surface area contributed by atoms with E-state index in [0.717, 1.165) is 40.7 Å². The van der Waals surface area contributed by atoms with Crippen LogP contribution in [0.4, 0.5) is 0 Å². The quantitative estimate of drug-likeness (QED) is 0.186. The molecule has 6 rings (SSSR count). The number of pyridine rings is 1. The van der Waals surface area contributed by atoms with Crippen molar-refractivity contribution in [1.29, 1.82) is 0 Å². The second kappa shape index (κ2) is 11.2. The minimum Gasteiger partial charge on any atom is -0.455 e. The summed E-state index contributed by atoms with van der Waals surface area (Å²) >= 11 is 0. The van der Waals surface area contributed by atoms with Crippen LogP contribution < -0.4 is 10.6 Å². The number of aromatic amines is 1. The first-order valence-electron chi connectivity index (χ1n) is 14.2. The zero-order valence-electron chi connectivity index (χ0n) is 24.5. The number of H-pyrrole nitrogens is 1. The molecule has 0 unspecified atom stereocenters. The third kappa shape index (κ3) is 5.14. The highest BCUT2D eigenvalue weighted by Gasteiger charge is 2.49. The Morgan fingerprint density at radius 1 is 1.05 bits per heavy atom. The van der Waals surface area contributed by atoms with Gasteiger partial charge >= 0.3 is 0 Å². The van der Waals surface area contributed by atoms with Crippen molar-refractivity contribution in [2.45, 2.75) is 39.2 Å². The van der Waals surface area contributed by atoms with Crippen LogP contribution in [0.2, 0.25) is 0 Å². The molecule has 0 spiro atoms. The number of aryl methyl sites for hydroxylation is 1. The Balaban J connectivity index is 1.32. The largest absolute Gasteiger partial charge is 0.455 e. The maximum atomic E-state index is 13.5. The number of nitrogens with zero attached hydrogens (tertiary/aromatic N) is 3. The van der Waals surface area contributed by atoms with Gasteiger partial charge < -0.3 is 15.1 Å². The predicted octanol–water partition coefficient (Wildman–Crippen LogP) is 6.35. The lowest BCUT2D eigenvalue weighted by Crippen LogP contribution is -2.35. The lowest BCUT2D eigenvalue weighted by atomic mass is 9.95. The van der Waals surface area contributed by atoms with Gasteiger partial charge in [-0.2, -0.15) is 5.10 Å². The zero-order chi connectivity index (χ0) is 30.1. The summed E-state index contributed by atoms with van der Waals surface area (Å²) in [6, 6.07) is 15.2. The molecule has 2 aromatic carbocycles. The van der Waals surface area contributed by atoms with E-state index >= 15 is 0 Å². The molecule has 1 aliphatic carbocycles. The predicted molar refractivity (Wildman–Crippen MR) is 166 cm³/mol. The third-order valence-electron chi connectivity index (χ3n) is 7.83. The van der Waals surface area contributed by atoms with Crippen LogP contribution in [0.25, 0.3) is 39.1 Å². The molecule has 1 aliphatic rings. The van der Waals surface area contributed by atoms with Gasteiger partial charge in [-0.15, -0.1) is 0 Å². The Labute approximate surface area is 249 Å². The van der Waals surface area contributed by atoms with Gasteiger partial charge in [-0.3, -0.25) is 19.7 Å². The molecular weight excluding hydrogens is 540 g/mol. The number of nitrogens with one attached hydrogen (secondary N) is 3. The summed E-state index contributed by atoms with van der Waals surface area (Å²) in [6.07, 6.45) is 10.7. The van der Waals surface area contributed by atoms with E-state index in [1.54, 1.807) is 19.4 Å². The number of hydrogen-bond acceptors (Lipinski definition) is 6. The highest BCUT2D eigenvalue weighted by Crippen LogP contribution is 2.44. The van der Waals surface area contributed by atoms with Crippen molar-refractivity contribution in [2.24, 2.45) is 0 Å². The van der Waals surface area contributed by atoms with Crippen molar-refractivity contribution in [1.82, 2.24) is 30.8 Å². The fraction of sp³-hybridized carbons (Fsp3) is 0.206. The summed E-state index contributed by atoms with van der Waals surface area (Å²) in [6.45, 7) is 5.84. The van der Waals surface area contributed by atoms with Crippen LogP contribution in [-0.4, -0.2) is 39.0 Å². The number of furan rings is 1. The molecular formula is C34H32N6O3. The second-order valence-electron chi connectivity index (χ2n) is 10.7. The highest BCUT2D eigenvalue weighted by atomic mass is 16.3. The molecule has 216 valence electrons. The van der Waals surface area contributed by atoms with Crippen molar-refractivity contribution in [3.05, 3.63) is 107 Å². The normalized spacial score (nSPS) is 14.3. The van der Waals surface area contributed by atoms with Gasteiger partial charge in [-0.25, -0.2) is 4.98 Å². The summed E-state index contributed by atoms with van der Waals surface area (Å²) in [4.78, 5) is 35.4. The molecule has 1 saturated carbocycles. The molecule has 3 aromatic heterocycles. The Morgan fingerprint density at radius 3 is 2.58 bits per heavy atom. The highest BCUT2D eigenvalue weighted by molar-refractivity contribution is 6.11. The summed E-state index contributed by atoms with van der Waals surface area (Å²) in [5.41, 5.74) is 5.44. The number of benzene rings is 2. The minimum atomic E-state index is -0.582. The number of fused-ring (bicyclic) bond motifs is 1. The third-order valence-corrected chi connectivity index (χ3v) is 7.83. The van der Waals surface area contributed by atoms with E-state index in [0.29, 0.717) is 39.5 Å². The molecule has 43 heavy (non-hydrogen) atoms. The first-order chi connectivity index (χ1) is 20.9. The summed E-state index contributed by atoms with van der Waals surface area (Å²) in [5, 5.41) is 14.0. The van der Waals surface area contributed by atoms with Crippen LogP contribution >= 0.6 is 0 Å². The van der Waals surface area contributed by atoms with Crippen LogP contribution in [0.3, 0.4) is 0 Å². The number of hydrogen-bond donors (Lipinski definition) is 3. The van der Waals surface area contributed by atoms with Crippen molar-refractivity contribution in [2.75, 3.05) is 7.05 Å². The molecule has 1 fully saturated rings. The minimum absolute atomic E-state index is 0.195. The average molecular weight is 573 g/mol. The van der Waals surface area contributed by atoms with Gasteiger partial charge in [-0.1, -0.05) is 30.4 Å². The van der Waals surface area contributed by atoms with Crippen LogP contribution in [0, 0.1) is 6.92 Å². The van der Waals surface area contributed by atoms with Crippen molar-refractivity contribution < 1.29 is 14.0 Å². The van der Waals surface area contributed by atoms with Crippen molar-refractivity contribution in [3.63, 3.8) is 0 Å². The number of allylic oxidation sites excluding steroid dienone is 4. The molecule has 0 aliphatic heterocycles. The fourth-order valence-corrected chi connectivity index (χ4v) is 5.31. The van der Waals surface area contributed by atoms with E-state index in [9.17, 15) is 9.59 Å². The van der Waals surface area contributed by atoms with E-state index in [4.69, 9.17) is 4.42 Å². The molecule has 9 heteroatoms. The lowest BCUT2D eigenvalue weighted by Gasteiger charge is -2.16. The number of amides is 2. The van der Waals surface area contributed by atoms with Gasteiger partial charge in [0.15, 0.2) is 11.6 Å². The van der Waals surface area contributed by atoms with E-state index in [2.05, 4.69) is 30.8 Å². The number of rotatable bonds is 8. The van der Waals surface area contributed by atoms with Crippen molar-refractivity contribution >= 4 is 28.4 Å². The van der Waals surface area contributed by atoms with Crippen LogP contribution in [0.5, 0.6) is 0 Å². The summed E-state index contributed by atoms with van der Waals surface area (Å²) in [5.74, 6) is 1.27. The van der Waals surface area contributed by atoms with Crippen molar-refractivity contribution in [3.8, 4) is 22.5 Å². The van der Waals surface area contributed by atoms with E-state index in [-0.39, 0.29) is 11.8 Å². The molecule has 9 nitrogen and oxygen atoms in total. The van der Waals surface area contributed by atoms with E-state index in [1.165, 1.54) is 0 Å². The number of carbonyl (C=O) groups is 2. The lowest BCUT2D eigenvalue weighted by molar-refractivity contribution is 0.0927. The fourth-order valence-electron chi connectivity index (χ4n) is 5.31. The Bertz CT molecular complexity index is 1910. The SMILES string of the molecule is CC=CC(=CC)c1oc2ccc(-c3cc(C(=O)NC4(c5nc(-c6cccnc6)n[nH]5)CC4)ccc3C)cc2c1C(=O)NC. The maximum Gasteiger partial charge on any atom is 0.255 e. The van der Waals surface area contributed by atoms with Gasteiger partial charge in [0.05, 0.1) is 11.1 Å². The van der Waals surface area contributed by atoms with Gasteiger partial charge in [0.25, 0.3) is 11.8 Å². The molecule has 3 N–H and O–H groups in total. The first-order valence-corrected chi connectivity index (χ1v) is 14.2. The molecule has 0 bridgehead atoms. The maximum absolute atomic E-state index is 13.5. The van der Waals surface area contributed by atoms with Crippen LogP contribution in [-0.2, 0) is 5.54 Å². The zero-order valence-corrected chi connectivity index (χ0v) is 24.5. The number of carbonyl (C=O) groups excluding carboxylic acids is 2. The Kier molecular flexibility index (Phi) is 7.23. The van der Waals surface area contributed by atoms with Gasteiger partial charge in [0, 0.05) is 41.5 Å². The van der Waals surface area contributed by atoms with Crippen LogP contribution in [0.15, 0.2) is 83.6 Å². The monoisotopic (exact) mass is 572 g/mol. The van der Waals surface area contributed by atoms with Gasteiger partial charge in [0.1, 0.15) is 11.3 Å². The van der Waals surface area contributed by atoms with Gasteiger partial charge in [-0.05, 0) is 86.7 Å². The Hall–Kier alpha value is -5.31.